The lowest BCUT2D eigenvalue weighted by molar-refractivity contribution is 0.605. The maximum atomic E-state index is 6.39. The average Bonchev–Trinajstić information content (AvgIpc) is 3.10. The molecule has 2 unspecified atom stereocenters. The van der Waals surface area contributed by atoms with Gasteiger partial charge < -0.3 is 10.6 Å². The molecule has 0 bridgehead atoms. The van der Waals surface area contributed by atoms with E-state index < -0.39 is 0 Å². The molecule has 0 saturated heterocycles. The third-order valence-corrected chi connectivity index (χ3v) is 4.19. The smallest absolute Gasteiger partial charge is 0.0642 e. The minimum Gasteiger partial charge on any atom is -0.370 e. The Labute approximate surface area is 115 Å². The molecule has 2 N–H and O–H groups in total. The van der Waals surface area contributed by atoms with Crippen molar-refractivity contribution in [3.63, 3.8) is 0 Å². The summed E-state index contributed by atoms with van der Waals surface area (Å²) < 4.78 is 0. The molecule has 1 aliphatic carbocycles. The molecule has 0 spiro atoms. The summed E-state index contributed by atoms with van der Waals surface area (Å²) in [5.74, 6) is 0.828. The Kier molecular flexibility index (Phi) is 4.18. The molecule has 1 aliphatic rings. The molecule has 18 heavy (non-hydrogen) atoms. The van der Waals surface area contributed by atoms with Gasteiger partial charge in [-0.25, -0.2) is 0 Å². The monoisotopic (exact) mass is 266 g/mol. The van der Waals surface area contributed by atoms with Crippen LogP contribution in [0.25, 0.3) is 0 Å². The highest BCUT2D eigenvalue weighted by Gasteiger charge is 2.31. The second-order valence-corrected chi connectivity index (χ2v) is 6.03. The van der Waals surface area contributed by atoms with Crippen molar-refractivity contribution in [1.82, 2.24) is 0 Å². The lowest BCUT2D eigenvalue weighted by Crippen LogP contribution is -2.32. The van der Waals surface area contributed by atoms with Crippen LogP contribution in [-0.2, 0) is 6.42 Å². The van der Waals surface area contributed by atoms with E-state index in [9.17, 15) is 0 Å². The van der Waals surface area contributed by atoms with E-state index in [1.54, 1.807) is 0 Å². The normalized spacial score (nSPS) is 18.5. The molecular formula is C15H23ClN2. The lowest BCUT2D eigenvalue weighted by atomic mass is 10.0. The van der Waals surface area contributed by atoms with E-state index >= 15 is 0 Å². The van der Waals surface area contributed by atoms with Crippen LogP contribution in [0.2, 0.25) is 5.02 Å². The summed E-state index contributed by atoms with van der Waals surface area (Å²) in [5.41, 5.74) is 8.35. The Morgan fingerprint density at radius 2 is 2.06 bits per heavy atom. The van der Waals surface area contributed by atoms with Crippen LogP contribution in [0.5, 0.6) is 0 Å². The van der Waals surface area contributed by atoms with Gasteiger partial charge in [0.25, 0.3) is 0 Å². The lowest BCUT2D eigenvalue weighted by Gasteiger charge is -2.30. The van der Waals surface area contributed by atoms with Gasteiger partial charge in [-0.05, 0) is 50.7 Å². The maximum absolute atomic E-state index is 6.39. The van der Waals surface area contributed by atoms with Gasteiger partial charge in [0.2, 0.25) is 0 Å². The van der Waals surface area contributed by atoms with Crippen molar-refractivity contribution in [2.75, 3.05) is 11.9 Å². The van der Waals surface area contributed by atoms with Crippen molar-refractivity contribution in [2.45, 2.75) is 45.2 Å². The number of halogens is 1. The summed E-state index contributed by atoms with van der Waals surface area (Å²) in [6, 6.07) is 6.83. The van der Waals surface area contributed by atoms with Gasteiger partial charge in [0.15, 0.2) is 0 Å². The summed E-state index contributed by atoms with van der Waals surface area (Å²) in [6.07, 6.45) is 3.56. The first-order chi connectivity index (χ1) is 8.50. The molecule has 0 aliphatic heterocycles. The number of hydrogen-bond acceptors (Lipinski definition) is 2. The molecule has 2 rings (SSSR count). The van der Waals surface area contributed by atoms with Crippen LogP contribution in [0.15, 0.2) is 18.2 Å². The summed E-state index contributed by atoms with van der Waals surface area (Å²) in [4.78, 5) is 2.33. The fraction of sp³-hybridized carbons (Fsp3) is 0.600. The van der Waals surface area contributed by atoms with Gasteiger partial charge in [0.1, 0.15) is 0 Å². The number of nitrogens with two attached hydrogens (primary N) is 1. The standard InChI is InChI=1S/C15H23ClN2/c1-10(17)9-13-5-4-6-14(16)15(13)18(3)11(2)12-7-8-12/h4-6,10-12H,7-9,17H2,1-3H3. The van der Waals surface area contributed by atoms with Crippen molar-refractivity contribution in [1.29, 1.82) is 0 Å². The van der Waals surface area contributed by atoms with Crippen LogP contribution in [0.4, 0.5) is 5.69 Å². The summed E-state index contributed by atoms with van der Waals surface area (Å²) in [7, 11) is 2.15. The van der Waals surface area contributed by atoms with E-state index in [1.165, 1.54) is 18.4 Å². The molecule has 1 aromatic carbocycles. The highest BCUT2D eigenvalue weighted by molar-refractivity contribution is 6.33. The second kappa shape index (κ2) is 5.50. The quantitative estimate of drug-likeness (QED) is 0.884. The van der Waals surface area contributed by atoms with E-state index in [-0.39, 0.29) is 6.04 Å². The fourth-order valence-corrected chi connectivity index (χ4v) is 2.89. The molecule has 0 aromatic heterocycles. The molecular weight excluding hydrogens is 244 g/mol. The van der Waals surface area contributed by atoms with Crippen molar-refractivity contribution >= 4 is 17.3 Å². The van der Waals surface area contributed by atoms with E-state index in [1.807, 2.05) is 19.1 Å². The molecule has 3 heteroatoms. The molecule has 2 atom stereocenters. The van der Waals surface area contributed by atoms with Crippen molar-refractivity contribution in [3.05, 3.63) is 28.8 Å². The molecule has 2 nitrogen and oxygen atoms in total. The second-order valence-electron chi connectivity index (χ2n) is 5.62. The third kappa shape index (κ3) is 2.99. The van der Waals surface area contributed by atoms with Gasteiger partial charge in [-0.2, -0.15) is 0 Å². The topological polar surface area (TPSA) is 29.3 Å². The van der Waals surface area contributed by atoms with Gasteiger partial charge in [0, 0.05) is 19.1 Å². The number of hydrogen-bond donors (Lipinski definition) is 1. The zero-order valence-corrected chi connectivity index (χ0v) is 12.2. The number of para-hydroxylation sites is 1. The maximum Gasteiger partial charge on any atom is 0.0642 e. The van der Waals surface area contributed by atoms with Gasteiger partial charge in [0.05, 0.1) is 10.7 Å². The fourth-order valence-electron chi connectivity index (χ4n) is 2.57. The third-order valence-electron chi connectivity index (χ3n) is 3.88. The van der Waals surface area contributed by atoms with Crippen LogP contribution < -0.4 is 10.6 Å². The Morgan fingerprint density at radius 3 is 2.61 bits per heavy atom. The molecule has 0 heterocycles. The average molecular weight is 267 g/mol. The van der Waals surface area contributed by atoms with E-state index in [0.29, 0.717) is 6.04 Å². The Bertz CT molecular complexity index is 413. The first-order valence-corrected chi connectivity index (χ1v) is 7.14. The summed E-state index contributed by atoms with van der Waals surface area (Å²) >= 11 is 6.39. The largest absolute Gasteiger partial charge is 0.370 e. The van der Waals surface area contributed by atoms with Crippen LogP contribution in [0.1, 0.15) is 32.3 Å². The summed E-state index contributed by atoms with van der Waals surface area (Å²) in [6.45, 7) is 4.33. The first kappa shape index (κ1) is 13.7. The van der Waals surface area contributed by atoms with E-state index in [0.717, 1.165) is 23.0 Å². The minimum atomic E-state index is 0.159. The number of rotatable bonds is 5. The van der Waals surface area contributed by atoms with E-state index in [4.69, 9.17) is 17.3 Å². The van der Waals surface area contributed by atoms with Crippen LogP contribution >= 0.6 is 11.6 Å². The van der Waals surface area contributed by atoms with Gasteiger partial charge in [-0.1, -0.05) is 23.7 Å². The van der Waals surface area contributed by atoms with Gasteiger partial charge >= 0.3 is 0 Å². The highest BCUT2D eigenvalue weighted by atomic mass is 35.5. The van der Waals surface area contributed by atoms with Crippen molar-refractivity contribution in [2.24, 2.45) is 11.7 Å². The molecule has 100 valence electrons. The van der Waals surface area contributed by atoms with Crippen molar-refractivity contribution < 1.29 is 0 Å². The summed E-state index contributed by atoms with van der Waals surface area (Å²) in [5, 5.41) is 0.836. The SMILES string of the molecule is CC(N)Cc1cccc(Cl)c1N(C)C(C)C1CC1. The molecule has 1 aromatic rings. The highest BCUT2D eigenvalue weighted by Crippen LogP contribution is 2.39. The Hall–Kier alpha value is -0.730. The molecule has 1 saturated carbocycles. The number of nitrogens with zero attached hydrogens (tertiary/aromatic N) is 1. The van der Waals surface area contributed by atoms with Crippen molar-refractivity contribution in [3.8, 4) is 0 Å². The zero-order chi connectivity index (χ0) is 13.3. The first-order valence-electron chi connectivity index (χ1n) is 6.76. The number of anilines is 1. The number of benzene rings is 1. The van der Waals surface area contributed by atoms with Gasteiger partial charge in [-0.3, -0.25) is 0 Å². The zero-order valence-electron chi connectivity index (χ0n) is 11.5. The van der Waals surface area contributed by atoms with Gasteiger partial charge in [-0.15, -0.1) is 0 Å². The van der Waals surface area contributed by atoms with Crippen LogP contribution in [-0.4, -0.2) is 19.1 Å². The van der Waals surface area contributed by atoms with E-state index in [2.05, 4.69) is 24.9 Å². The van der Waals surface area contributed by atoms with Crippen LogP contribution in [0, 0.1) is 5.92 Å². The predicted octanol–water partition coefficient (Wildman–Crippen LogP) is 3.46. The molecule has 0 radical (unpaired) electrons. The minimum absolute atomic E-state index is 0.159. The Morgan fingerprint density at radius 1 is 1.39 bits per heavy atom. The Balaban J connectivity index is 2.28. The molecule has 1 fully saturated rings. The van der Waals surface area contributed by atoms with Crippen LogP contribution in [0.3, 0.4) is 0 Å². The predicted molar refractivity (Wildman–Crippen MR) is 79.4 cm³/mol. The molecule has 0 amide bonds.